The molecule has 288 valence electrons. The van der Waals surface area contributed by atoms with Gasteiger partial charge in [0.15, 0.2) is 5.75 Å². The number of hydrogen-bond donors (Lipinski definition) is 0. The molecule has 14 rings (SSSR count). The van der Waals surface area contributed by atoms with Crippen molar-refractivity contribution < 1.29 is 13.9 Å². The number of aromatic nitrogens is 3. The molecule has 0 fully saturated rings. The fourth-order valence-electron chi connectivity index (χ4n) is 10.9. The van der Waals surface area contributed by atoms with Crippen LogP contribution in [0.15, 0.2) is 168 Å². The lowest BCUT2D eigenvalue weighted by molar-refractivity contribution is 0.415. The molecule has 6 nitrogen and oxygen atoms in total. The number of nitrogens with zero attached hydrogens (tertiary/aromatic N) is 3. The molecule has 0 amide bonds. The van der Waals surface area contributed by atoms with E-state index in [0.717, 1.165) is 100 Å². The van der Waals surface area contributed by atoms with E-state index in [1.165, 1.54) is 26.9 Å². The third-order valence-corrected chi connectivity index (χ3v) is 13.2. The van der Waals surface area contributed by atoms with Crippen molar-refractivity contribution in [3.05, 3.63) is 164 Å². The largest absolute Gasteiger partial charge is 0.466 e. The van der Waals surface area contributed by atoms with Crippen molar-refractivity contribution in [2.24, 2.45) is 0 Å². The molecule has 4 aromatic heterocycles. The van der Waals surface area contributed by atoms with E-state index in [-0.39, 0.29) is 12.3 Å². The maximum absolute atomic E-state index is 7.54. The number of furan rings is 1. The van der Waals surface area contributed by atoms with Gasteiger partial charge in [-0.25, -0.2) is 0 Å². The summed E-state index contributed by atoms with van der Waals surface area (Å²) in [6, 6.07) is 58.6. The topological polar surface area (TPSA) is 46.4 Å². The Balaban J connectivity index is 1.16. The molecule has 2 aliphatic rings. The van der Waals surface area contributed by atoms with Gasteiger partial charge in [-0.3, -0.25) is 0 Å². The standard InChI is InChI=1S/C54H36BN3O3/c1-54(2,3)58-43-26-14-8-20-36(43)48-44(57-41-24-12-6-18-34(41)35-19-7-13-25-42(35)57)30-38-52(50(48)58)60-47-29-31(56-39-22-10-4-16-32(39)33-17-5-11-23-40(33)56)28-46-49(47)55(38)53-51(59-46)37-21-9-15-27-45(37)61-53/h4-30H,1-3H3. The Morgan fingerprint density at radius 3 is 1.52 bits per heavy atom. The fourth-order valence-corrected chi connectivity index (χ4v) is 10.9. The first-order chi connectivity index (χ1) is 29.9. The molecule has 0 saturated heterocycles. The molecule has 2 aliphatic heterocycles. The lowest BCUT2D eigenvalue weighted by Gasteiger charge is -2.33. The van der Waals surface area contributed by atoms with Crippen LogP contribution >= 0.6 is 0 Å². The molecule has 0 radical (unpaired) electrons. The van der Waals surface area contributed by atoms with Crippen molar-refractivity contribution in [2.45, 2.75) is 26.3 Å². The molecule has 0 unspecified atom stereocenters. The monoisotopic (exact) mass is 785 g/mol. The fraction of sp³-hybridized carbons (Fsp3) is 0.0741. The van der Waals surface area contributed by atoms with Crippen LogP contribution in [0.25, 0.3) is 87.8 Å². The Hall–Kier alpha value is -7.64. The van der Waals surface area contributed by atoms with Crippen LogP contribution in [0.3, 0.4) is 0 Å². The van der Waals surface area contributed by atoms with Gasteiger partial charge in [-0.1, -0.05) is 103 Å². The zero-order chi connectivity index (χ0) is 40.3. The molecule has 8 aromatic carbocycles. The number of rotatable bonds is 2. The molecule has 0 N–H and O–H groups in total. The molecular formula is C54H36BN3O3. The van der Waals surface area contributed by atoms with Gasteiger partial charge in [0.05, 0.1) is 44.3 Å². The Morgan fingerprint density at radius 2 is 0.951 bits per heavy atom. The minimum atomic E-state index is -0.320. The summed E-state index contributed by atoms with van der Waals surface area (Å²) in [5.74, 6) is 3.11. The Bertz CT molecular complexity index is 3790. The summed E-state index contributed by atoms with van der Waals surface area (Å²) >= 11 is 0. The molecule has 61 heavy (non-hydrogen) atoms. The average Bonchev–Trinajstić information content (AvgIpc) is 4.03. The van der Waals surface area contributed by atoms with Gasteiger partial charge in [0, 0.05) is 61.0 Å². The smallest absolute Gasteiger partial charge is 0.305 e. The summed E-state index contributed by atoms with van der Waals surface area (Å²) in [6.07, 6.45) is 0. The first-order valence-electron chi connectivity index (χ1n) is 21.0. The highest BCUT2D eigenvalue weighted by molar-refractivity contribution is 6.98. The van der Waals surface area contributed by atoms with Crippen molar-refractivity contribution in [3.63, 3.8) is 0 Å². The van der Waals surface area contributed by atoms with Crippen LogP contribution in [-0.2, 0) is 5.54 Å². The quantitative estimate of drug-likeness (QED) is 0.164. The van der Waals surface area contributed by atoms with Crippen molar-refractivity contribution in [1.29, 1.82) is 0 Å². The minimum Gasteiger partial charge on any atom is -0.466 e. The highest BCUT2D eigenvalue weighted by Gasteiger charge is 2.46. The lowest BCUT2D eigenvalue weighted by atomic mass is 9.37. The predicted molar refractivity (Wildman–Crippen MR) is 251 cm³/mol. The summed E-state index contributed by atoms with van der Waals surface area (Å²) in [5, 5.41) is 8.12. The first-order valence-corrected chi connectivity index (χ1v) is 21.0. The van der Waals surface area contributed by atoms with Crippen LogP contribution in [-0.4, -0.2) is 20.4 Å². The van der Waals surface area contributed by atoms with E-state index < -0.39 is 0 Å². The van der Waals surface area contributed by atoms with Crippen LogP contribution in [0.5, 0.6) is 23.0 Å². The van der Waals surface area contributed by atoms with E-state index in [1.807, 2.05) is 12.1 Å². The van der Waals surface area contributed by atoms with Crippen molar-refractivity contribution in [2.75, 3.05) is 0 Å². The Morgan fingerprint density at radius 1 is 0.475 bits per heavy atom. The van der Waals surface area contributed by atoms with E-state index in [9.17, 15) is 0 Å². The van der Waals surface area contributed by atoms with Crippen LogP contribution in [0.4, 0.5) is 0 Å². The summed E-state index contributed by atoms with van der Waals surface area (Å²) in [5.41, 5.74) is 12.1. The third kappa shape index (κ3) is 4.27. The number of hydrogen-bond acceptors (Lipinski definition) is 3. The minimum absolute atomic E-state index is 0.311. The van der Waals surface area contributed by atoms with E-state index in [2.05, 4.69) is 186 Å². The maximum Gasteiger partial charge on any atom is 0.305 e. The number of para-hydroxylation sites is 6. The SMILES string of the molecule is CC(C)(C)n1c2ccccc2c2c(-n3c4ccccc4c4ccccc43)cc3c(c21)Oc1cc(-n2c4ccccc4c4ccccc42)cc2c1B3c1oc3ccccc3c1O2. The number of benzene rings is 8. The van der Waals surface area contributed by atoms with Crippen molar-refractivity contribution >= 4 is 99.7 Å². The van der Waals surface area contributed by atoms with E-state index >= 15 is 0 Å². The van der Waals surface area contributed by atoms with Gasteiger partial charge in [0.2, 0.25) is 0 Å². The van der Waals surface area contributed by atoms with Gasteiger partial charge in [-0.05, 0) is 74.8 Å². The van der Waals surface area contributed by atoms with Gasteiger partial charge < -0.3 is 27.6 Å². The third-order valence-electron chi connectivity index (χ3n) is 13.2. The molecule has 6 heterocycles. The Labute approximate surface area is 350 Å². The molecule has 0 spiro atoms. The molecule has 12 aromatic rings. The van der Waals surface area contributed by atoms with Crippen molar-refractivity contribution in [1.82, 2.24) is 13.7 Å². The van der Waals surface area contributed by atoms with Crippen LogP contribution < -0.4 is 26.1 Å². The lowest BCUT2D eigenvalue weighted by Crippen LogP contribution is -2.57. The number of fused-ring (bicyclic) bond motifs is 16. The average molecular weight is 786 g/mol. The second kappa shape index (κ2) is 11.6. The van der Waals surface area contributed by atoms with Gasteiger partial charge in [-0.15, -0.1) is 0 Å². The van der Waals surface area contributed by atoms with Gasteiger partial charge in [-0.2, -0.15) is 0 Å². The van der Waals surface area contributed by atoms with Gasteiger partial charge >= 0.3 is 6.71 Å². The maximum atomic E-state index is 7.54. The summed E-state index contributed by atoms with van der Waals surface area (Å²) in [6.45, 7) is 6.55. The summed E-state index contributed by atoms with van der Waals surface area (Å²) in [4.78, 5) is 0. The van der Waals surface area contributed by atoms with Crippen LogP contribution in [0.1, 0.15) is 20.8 Å². The summed E-state index contributed by atoms with van der Waals surface area (Å²) < 4.78 is 28.9. The van der Waals surface area contributed by atoms with Crippen LogP contribution in [0, 0.1) is 0 Å². The van der Waals surface area contributed by atoms with E-state index in [4.69, 9.17) is 13.9 Å². The van der Waals surface area contributed by atoms with Gasteiger partial charge in [0.1, 0.15) is 28.5 Å². The highest BCUT2D eigenvalue weighted by Crippen LogP contribution is 2.48. The molecular weight excluding hydrogens is 749 g/mol. The zero-order valence-corrected chi connectivity index (χ0v) is 33.7. The summed E-state index contributed by atoms with van der Waals surface area (Å²) in [7, 11) is 0. The van der Waals surface area contributed by atoms with E-state index in [1.54, 1.807) is 0 Å². The second-order valence-corrected chi connectivity index (χ2v) is 17.6. The first kappa shape index (κ1) is 33.2. The molecule has 0 saturated carbocycles. The van der Waals surface area contributed by atoms with Gasteiger partial charge in [0.25, 0.3) is 0 Å². The van der Waals surface area contributed by atoms with Crippen molar-refractivity contribution in [3.8, 4) is 34.4 Å². The normalized spacial score (nSPS) is 13.4. The zero-order valence-electron chi connectivity index (χ0n) is 33.7. The Kier molecular flexibility index (Phi) is 6.29. The van der Waals surface area contributed by atoms with E-state index in [0.29, 0.717) is 0 Å². The molecule has 0 aliphatic carbocycles. The predicted octanol–water partition coefficient (Wildman–Crippen LogP) is 12.2. The molecule has 0 atom stereocenters. The molecule has 7 heteroatoms. The number of ether oxygens (including phenoxy) is 2. The highest BCUT2D eigenvalue weighted by atomic mass is 16.5. The second-order valence-electron chi connectivity index (χ2n) is 17.6. The molecule has 0 bridgehead atoms. The van der Waals surface area contributed by atoms with Crippen LogP contribution in [0.2, 0.25) is 0 Å².